The Morgan fingerprint density at radius 3 is 2.55 bits per heavy atom. The van der Waals surface area contributed by atoms with Gasteiger partial charge in [-0.2, -0.15) is 0 Å². The van der Waals surface area contributed by atoms with Gasteiger partial charge in [-0.15, -0.1) is 0 Å². The molecule has 1 fully saturated rings. The molecule has 1 N–H and O–H groups in total. The molecule has 1 aliphatic heterocycles. The minimum atomic E-state index is 0.0932. The quantitative estimate of drug-likeness (QED) is 0.929. The molecule has 0 aliphatic carbocycles. The SMILES string of the molecule is Cc1cccc(C(=O)N2CCC(NC(=O)CC(C)C)CC2)c1. The van der Waals surface area contributed by atoms with Crippen molar-refractivity contribution in [1.29, 1.82) is 0 Å². The molecule has 0 spiro atoms. The Morgan fingerprint density at radius 2 is 1.95 bits per heavy atom. The highest BCUT2D eigenvalue weighted by atomic mass is 16.2. The number of amides is 2. The molecule has 0 atom stereocenters. The third kappa shape index (κ3) is 4.58. The van der Waals surface area contributed by atoms with Crippen molar-refractivity contribution in [3.05, 3.63) is 35.4 Å². The highest BCUT2D eigenvalue weighted by Crippen LogP contribution is 2.15. The fourth-order valence-electron chi connectivity index (χ4n) is 2.84. The molecule has 120 valence electrons. The topological polar surface area (TPSA) is 49.4 Å². The van der Waals surface area contributed by atoms with Gasteiger partial charge in [-0.1, -0.05) is 31.5 Å². The van der Waals surface area contributed by atoms with Crippen LogP contribution in [0.5, 0.6) is 0 Å². The van der Waals surface area contributed by atoms with Gasteiger partial charge in [0.15, 0.2) is 0 Å². The van der Waals surface area contributed by atoms with Crippen LogP contribution in [0.4, 0.5) is 0 Å². The van der Waals surface area contributed by atoms with Crippen LogP contribution in [-0.2, 0) is 4.79 Å². The van der Waals surface area contributed by atoms with E-state index in [1.54, 1.807) is 0 Å². The molecule has 0 radical (unpaired) electrons. The molecule has 0 aromatic heterocycles. The van der Waals surface area contributed by atoms with Crippen molar-refractivity contribution in [2.45, 2.75) is 46.1 Å². The molecule has 1 aromatic carbocycles. The van der Waals surface area contributed by atoms with Gasteiger partial charge >= 0.3 is 0 Å². The molecule has 2 rings (SSSR count). The largest absolute Gasteiger partial charge is 0.353 e. The highest BCUT2D eigenvalue weighted by molar-refractivity contribution is 5.94. The normalized spacial score (nSPS) is 15.9. The molecule has 4 heteroatoms. The predicted molar refractivity (Wildman–Crippen MR) is 87.7 cm³/mol. The molecule has 1 heterocycles. The van der Waals surface area contributed by atoms with Gasteiger partial charge < -0.3 is 10.2 Å². The Hall–Kier alpha value is -1.84. The number of rotatable bonds is 4. The van der Waals surface area contributed by atoms with Crippen molar-refractivity contribution in [3.8, 4) is 0 Å². The van der Waals surface area contributed by atoms with Gasteiger partial charge in [0, 0.05) is 31.1 Å². The van der Waals surface area contributed by atoms with Crippen LogP contribution in [0.1, 0.15) is 49.0 Å². The molecular weight excluding hydrogens is 276 g/mol. The molecule has 0 bridgehead atoms. The van der Waals surface area contributed by atoms with E-state index in [0.717, 1.165) is 24.0 Å². The molecule has 0 saturated carbocycles. The summed E-state index contributed by atoms with van der Waals surface area (Å²) >= 11 is 0. The van der Waals surface area contributed by atoms with E-state index in [0.29, 0.717) is 25.4 Å². The Labute approximate surface area is 132 Å². The van der Waals surface area contributed by atoms with Crippen LogP contribution >= 0.6 is 0 Å². The first-order valence-corrected chi connectivity index (χ1v) is 8.11. The number of hydrogen-bond donors (Lipinski definition) is 1. The third-order valence-electron chi connectivity index (χ3n) is 4.01. The molecule has 1 saturated heterocycles. The highest BCUT2D eigenvalue weighted by Gasteiger charge is 2.24. The minimum Gasteiger partial charge on any atom is -0.353 e. The van der Waals surface area contributed by atoms with E-state index in [1.807, 2.05) is 49.9 Å². The van der Waals surface area contributed by atoms with E-state index >= 15 is 0 Å². The van der Waals surface area contributed by atoms with Crippen molar-refractivity contribution in [2.24, 2.45) is 5.92 Å². The fraction of sp³-hybridized carbons (Fsp3) is 0.556. The Bertz CT molecular complexity index is 532. The third-order valence-corrected chi connectivity index (χ3v) is 4.01. The van der Waals surface area contributed by atoms with Crippen LogP contribution in [0.25, 0.3) is 0 Å². The number of carbonyl (C=O) groups is 2. The van der Waals surface area contributed by atoms with Gasteiger partial charge in [-0.25, -0.2) is 0 Å². The maximum Gasteiger partial charge on any atom is 0.253 e. The number of hydrogen-bond acceptors (Lipinski definition) is 2. The van der Waals surface area contributed by atoms with Gasteiger partial charge in [0.25, 0.3) is 5.91 Å². The van der Waals surface area contributed by atoms with E-state index < -0.39 is 0 Å². The lowest BCUT2D eigenvalue weighted by Crippen LogP contribution is -2.46. The van der Waals surface area contributed by atoms with Gasteiger partial charge in [0.05, 0.1) is 0 Å². The summed E-state index contributed by atoms with van der Waals surface area (Å²) in [6, 6.07) is 7.91. The van der Waals surface area contributed by atoms with Gasteiger partial charge in [-0.3, -0.25) is 9.59 Å². The lowest BCUT2D eigenvalue weighted by Gasteiger charge is -2.32. The smallest absolute Gasteiger partial charge is 0.253 e. The Balaban J connectivity index is 1.84. The van der Waals surface area contributed by atoms with Crippen LogP contribution in [0, 0.1) is 12.8 Å². The summed E-state index contributed by atoms with van der Waals surface area (Å²) < 4.78 is 0. The second-order valence-electron chi connectivity index (χ2n) is 6.60. The zero-order valence-electron chi connectivity index (χ0n) is 13.8. The molecule has 0 unspecified atom stereocenters. The lowest BCUT2D eigenvalue weighted by atomic mass is 10.0. The average Bonchev–Trinajstić information content (AvgIpc) is 2.46. The molecular formula is C18H26N2O2. The number of nitrogens with zero attached hydrogens (tertiary/aromatic N) is 1. The number of nitrogens with one attached hydrogen (secondary N) is 1. The second kappa shape index (κ2) is 7.43. The van der Waals surface area contributed by atoms with Crippen molar-refractivity contribution in [3.63, 3.8) is 0 Å². The summed E-state index contributed by atoms with van der Waals surface area (Å²) in [4.78, 5) is 26.2. The van der Waals surface area contributed by atoms with Gasteiger partial charge in [0.1, 0.15) is 0 Å². The van der Waals surface area contributed by atoms with Crippen LogP contribution in [0.15, 0.2) is 24.3 Å². The Kier molecular flexibility index (Phi) is 5.58. The number of aryl methyl sites for hydroxylation is 1. The monoisotopic (exact) mass is 302 g/mol. The maximum atomic E-state index is 12.5. The van der Waals surface area contributed by atoms with Crippen LogP contribution in [0.3, 0.4) is 0 Å². The molecule has 2 amide bonds. The number of likely N-dealkylation sites (tertiary alicyclic amines) is 1. The van der Waals surface area contributed by atoms with Crippen molar-refractivity contribution in [2.75, 3.05) is 13.1 Å². The summed E-state index contributed by atoms with van der Waals surface area (Å²) in [6.07, 6.45) is 2.24. The van der Waals surface area contributed by atoms with Crippen LogP contribution in [-0.4, -0.2) is 35.8 Å². The number of piperidine rings is 1. The summed E-state index contributed by atoms with van der Waals surface area (Å²) in [5.41, 5.74) is 1.85. The molecule has 22 heavy (non-hydrogen) atoms. The van der Waals surface area contributed by atoms with E-state index in [9.17, 15) is 9.59 Å². The first kappa shape index (κ1) is 16.5. The van der Waals surface area contributed by atoms with Crippen LogP contribution in [0.2, 0.25) is 0 Å². The number of benzene rings is 1. The van der Waals surface area contributed by atoms with Crippen molar-refractivity contribution < 1.29 is 9.59 Å². The van der Waals surface area contributed by atoms with Gasteiger partial charge in [0.2, 0.25) is 5.91 Å². The summed E-state index contributed by atoms with van der Waals surface area (Å²) in [5.74, 6) is 0.595. The molecule has 1 aliphatic rings. The summed E-state index contributed by atoms with van der Waals surface area (Å²) in [6.45, 7) is 7.50. The Morgan fingerprint density at radius 1 is 1.27 bits per heavy atom. The average molecular weight is 302 g/mol. The fourth-order valence-corrected chi connectivity index (χ4v) is 2.84. The van der Waals surface area contributed by atoms with E-state index in [2.05, 4.69) is 5.32 Å². The lowest BCUT2D eigenvalue weighted by molar-refractivity contribution is -0.122. The predicted octanol–water partition coefficient (Wildman–Crippen LogP) is 2.76. The van der Waals surface area contributed by atoms with E-state index in [-0.39, 0.29) is 17.9 Å². The minimum absolute atomic E-state index is 0.0932. The van der Waals surface area contributed by atoms with E-state index in [1.165, 1.54) is 0 Å². The van der Waals surface area contributed by atoms with Gasteiger partial charge in [-0.05, 0) is 37.8 Å². The summed E-state index contributed by atoms with van der Waals surface area (Å²) in [5, 5.41) is 3.08. The van der Waals surface area contributed by atoms with E-state index in [4.69, 9.17) is 0 Å². The molecule has 1 aromatic rings. The van der Waals surface area contributed by atoms with Crippen molar-refractivity contribution >= 4 is 11.8 Å². The maximum absolute atomic E-state index is 12.5. The number of carbonyl (C=O) groups excluding carboxylic acids is 2. The molecule has 4 nitrogen and oxygen atoms in total. The first-order chi connectivity index (χ1) is 10.5. The van der Waals surface area contributed by atoms with Crippen molar-refractivity contribution in [1.82, 2.24) is 10.2 Å². The second-order valence-corrected chi connectivity index (χ2v) is 6.60. The zero-order valence-corrected chi connectivity index (χ0v) is 13.8. The zero-order chi connectivity index (χ0) is 16.1. The standard InChI is InChI=1S/C18H26N2O2/c1-13(2)11-17(21)19-16-7-9-20(10-8-16)18(22)15-6-4-5-14(3)12-15/h4-6,12-13,16H,7-11H2,1-3H3,(H,19,21). The van der Waals surface area contributed by atoms with Crippen LogP contribution < -0.4 is 5.32 Å². The summed E-state index contributed by atoms with van der Waals surface area (Å²) in [7, 11) is 0. The first-order valence-electron chi connectivity index (χ1n) is 8.11.